The Bertz CT molecular complexity index is 398. The minimum absolute atomic E-state index is 0.123. The average molecular weight is 224 g/mol. The highest BCUT2D eigenvalue weighted by atomic mass is 19.2. The average Bonchev–Trinajstić information content (AvgIpc) is 2.24. The molecule has 0 aromatic heterocycles. The summed E-state index contributed by atoms with van der Waals surface area (Å²) in [6.07, 6.45) is 0. The van der Waals surface area contributed by atoms with Crippen molar-refractivity contribution in [3.63, 3.8) is 0 Å². The van der Waals surface area contributed by atoms with Gasteiger partial charge in [0.25, 0.3) is 0 Å². The van der Waals surface area contributed by atoms with Gasteiger partial charge >= 0.3 is 0 Å². The van der Waals surface area contributed by atoms with Gasteiger partial charge in [0.1, 0.15) is 0 Å². The van der Waals surface area contributed by atoms with Crippen LogP contribution >= 0.6 is 0 Å². The highest BCUT2D eigenvalue weighted by molar-refractivity contribution is 5.18. The molecule has 0 aliphatic heterocycles. The van der Waals surface area contributed by atoms with Crippen molar-refractivity contribution in [1.29, 1.82) is 5.26 Å². The summed E-state index contributed by atoms with van der Waals surface area (Å²) in [5, 5.41) is 8.64. The molecule has 0 saturated carbocycles. The minimum atomic E-state index is -0.834. The third kappa shape index (κ3) is 3.28. The summed E-state index contributed by atoms with van der Waals surface area (Å²) >= 11 is 0. The first kappa shape index (κ1) is 12.6. The Kier molecular flexibility index (Phi) is 4.39. The van der Waals surface area contributed by atoms with Gasteiger partial charge < -0.3 is 4.90 Å². The van der Waals surface area contributed by atoms with Crippen LogP contribution in [0.1, 0.15) is 12.5 Å². The smallest absolute Gasteiger partial charge is 0.163 e. The SMILES string of the molecule is CC(C#N)CN(C)Cc1cccc(F)c1F. The molecular formula is C12H14F2N2. The molecule has 2 nitrogen and oxygen atoms in total. The van der Waals surface area contributed by atoms with Gasteiger partial charge in [0.15, 0.2) is 11.6 Å². The molecule has 0 heterocycles. The van der Waals surface area contributed by atoms with Gasteiger partial charge in [-0.15, -0.1) is 0 Å². The Hall–Kier alpha value is -1.47. The molecule has 1 aromatic carbocycles. The molecule has 0 bridgehead atoms. The molecule has 0 radical (unpaired) electrons. The lowest BCUT2D eigenvalue weighted by Crippen LogP contribution is -2.24. The van der Waals surface area contributed by atoms with Crippen molar-refractivity contribution in [3.8, 4) is 6.07 Å². The van der Waals surface area contributed by atoms with E-state index in [-0.39, 0.29) is 5.92 Å². The molecule has 0 saturated heterocycles. The fourth-order valence-corrected chi connectivity index (χ4v) is 1.53. The summed E-state index contributed by atoms with van der Waals surface area (Å²) < 4.78 is 26.2. The maximum Gasteiger partial charge on any atom is 0.163 e. The van der Waals surface area contributed by atoms with Crippen LogP contribution < -0.4 is 0 Å². The summed E-state index contributed by atoms with van der Waals surface area (Å²) in [7, 11) is 1.78. The predicted octanol–water partition coefficient (Wildman–Crippen LogP) is 2.56. The number of rotatable bonds is 4. The van der Waals surface area contributed by atoms with Gasteiger partial charge in [-0.3, -0.25) is 0 Å². The maximum atomic E-state index is 13.3. The van der Waals surface area contributed by atoms with Crippen LogP contribution in [-0.4, -0.2) is 18.5 Å². The fourth-order valence-electron chi connectivity index (χ4n) is 1.53. The van der Waals surface area contributed by atoms with Crippen molar-refractivity contribution in [1.82, 2.24) is 4.90 Å². The molecule has 1 rings (SSSR count). The second-order valence-corrected chi connectivity index (χ2v) is 3.94. The second kappa shape index (κ2) is 5.57. The Labute approximate surface area is 94.1 Å². The van der Waals surface area contributed by atoms with Crippen molar-refractivity contribution in [2.24, 2.45) is 5.92 Å². The zero-order chi connectivity index (χ0) is 12.1. The molecule has 1 unspecified atom stereocenters. The van der Waals surface area contributed by atoms with E-state index in [9.17, 15) is 8.78 Å². The topological polar surface area (TPSA) is 27.0 Å². The van der Waals surface area contributed by atoms with Crippen LogP contribution in [0, 0.1) is 28.9 Å². The highest BCUT2D eigenvalue weighted by Crippen LogP contribution is 2.13. The van der Waals surface area contributed by atoms with Gasteiger partial charge in [-0.2, -0.15) is 5.26 Å². The molecule has 1 aromatic rings. The largest absolute Gasteiger partial charge is 0.301 e. The van der Waals surface area contributed by atoms with Gasteiger partial charge in [-0.05, 0) is 20.0 Å². The molecule has 0 N–H and O–H groups in total. The van der Waals surface area contributed by atoms with E-state index in [2.05, 4.69) is 6.07 Å². The van der Waals surface area contributed by atoms with Crippen molar-refractivity contribution in [2.75, 3.05) is 13.6 Å². The minimum Gasteiger partial charge on any atom is -0.301 e. The maximum absolute atomic E-state index is 13.3. The number of nitriles is 1. The highest BCUT2D eigenvalue weighted by Gasteiger charge is 2.11. The van der Waals surface area contributed by atoms with Gasteiger partial charge in [-0.25, -0.2) is 8.78 Å². The molecule has 4 heteroatoms. The number of halogens is 2. The molecule has 16 heavy (non-hydrogen) atoms. The molecule has 1 atom stereocenters. The first-order valence-corrected chi connectivity index (χ1v) is 5.05. The summed E-state index contributed by atoms with van der Waals surface area (Å²) in [6, 6.07) is 6.22. The summed E-state index contributed by atoms with van der Waals surface area (Å²) in [5.41, 5.74) is 0.313. The monoisotopic (exact) mass is 224 g/mol. The Morgan fingerprint density at radius 1 is 1.44 bits per heavy atom. The van der Waals surface area contributed by atoms with Crippen LogP contribution in [-0.2, 0) is 6.54 Å². The molecule has 0 aliphatic carbocycles. The molecule has 0 spiro atoms. The van der Waals surface area contributed by atoms with Crippen LogP contribution in [0.2, 0.25) is 0 Å². The zero-order valence-corrected chi connectivity index (χ0v) is 9.37. The van der Waals surface area contributed by atoms with Crippen molar-refractivity contribution < 1.29 is 8.78 Å². The number of nitrogens with zero attached hydrogens (tertiary/aromatic N) is 2. The van der Waals surface area contributed by atoms with Crippen molar-refractivity contribution in [3.05, 3.63) is 35.4 Å². The first-order chi connectivity index (χ1) is 7.54. The lowest BCUT2D eigenvalue weighted by molar-refractivity contribution is 0.297. The normalized spacial score (nSPS) is 12.5. The van der Waals surface area contributed by atoms with E-state index in [0.717, 1.165) is 6.07 Å². The van der Waals surface area contributed by atoms with E-state index < -0.39 is 11.6 Å². The van der Waals surface area contributed by atoms with E-state index in [0.29, 0.717) is 18.7 Å². The van der Waals surface area contributed by atoms with Gasteiger partial charge in [0.05, 0.1) is 12.0 Å². The Morgan fingerprint density at radius 3 is 2.75 bits per heavy atom. The van der Waals surface area contributed by atoms with Gasteiger partial charge in [0.2, 0.25) is 0 Å². The fraction of sp³-hybridized carbons (Fsp3) is 0.417. The predicted molar refractivity (Wildman–Crippen MR) is 57.5 cm³/mol. The summed E-state index contributed by atoms with van der Waals surface area (Å²) in [4.78, 5) is 1.80. The zero-order valence-electron chi connectivity index (χ0n) is 9.37. The van der Waals surface area contributed by atoms with Crippen LogP contribution in [0.4, 0.5) is 8.78 Å². The Balaban J connectivity index is 2.67. The van der Waals surface area contributed by atoms with E-state index in [1.807, 2.05) is 0 Å². The van der Waals surface area contributed by atoms with E-state index in [1.54, 1.807) is 24.9 Å². The molecular weight excluding hydrogens is 210 g/mol. The Morgan fingerprint density at radius 2 is 2.12 bits per heavy atom. The molecule has 0 fully saturated rings. The van der Waals surface area contributed by atoms with Gasteiger partial charge in [-0.1, -0.05) is 12.1 Å². The lowest BCUT2D eigenvalue weighted by Gasteiger charge is -2.18. The standard InChI is InChI=1S/C12H14F2N2/c1-9(6-15)7-16(2)8-10-4-3-5-11(13)12(10)14/h3-5,9H,7-8H2,1-2H3. The summed E-state index contributed by atoms with van der Waals surface area (Å²) in [5.74, 6) is -1.76. The van der Waals surface area contributed by atoms with Crippen LogP contribution in [0.3, 0.4) is 0 Å². The lowest BCUT2D eigenvalue weighted by atomic mass is 10.1. The van der Waals surface area contributed by atoms with Crippen LogP contribution in [0.25, 0.3) is 0 Å². The van der Waals surface area contributed by atoms with E-state index in [1.165, 1.54) is 6.07 Å². The van der Waals surface area contributed by atoms with E-state index >= 15 is 0 Å². The van der Waals surface area contributed by atoms with Crippen molar-refractivity contribution >= 4 is 0 Å². The molecule has 0 aliphatic rings. The van der Waals surface area contributed by atoms with Gasteiger partial charge in [0, 0.05) is 18.7 Å². The quantitative estimate of drug-likeness (QED) is 0.785. The van der Waals surface area contributed by atoms with Crippen molar-refractivity contribution in [2.45, 2.75) is 13.5 Å². The number of hydrogen-bond donors (Lipinski definition) is 0. The third-order valence-electron chi connectivity index (χ3n) is 2.28. The molecule has 0 amide bonds. The second-order valence-electron chi connectivity index (χ2n) is 3.94. The molecule has 86 valence electrons. The number of benzene rings is 1. The first-order valence-electron chi connectivity index (χ1n) is 5.05. The van der Waals surface area contributed by atoms with Crippen LogP contribution in [0.5, 0.6) is 0 Å². The third-order valence-corrected chi connectivity index (χ3v) is 2.28. The number of hydrogen-bond acceptors (Lipinski definition) is 2. The van der Waals surface area contributed by atoms with Crippen LogP contribution in [0.15, 0.2) is 18.2 Å². The van der Waals surface area contributed by atoms with E-state index in [4.69, 9.17) is 5.26 Å². The summed E-state index contributed by atoms with van der Waals surface area (Å²) in [6.45, 7) is 2.63.